The van der Waals surface area contributed by atoms with Crippen molar-refractivity contribution in [3.63, 3.8) is 0 Å². The van der Waals surface area contributed by atoms with Crippen LogP contribution in [0.4, 0.5) is 10.1 Å². The zero-order valence-corrected chi connectivity index (χ0v) is 12.4. The van der Waals surface area contributed by atoms with Gasteiger partial charge in [-0.1, -0.05) is 30.4 Å². The van der Waals surface area contributed by atoms with Gasteiger partial charge < -0.3 is 10.4 Å². The normalized spacial score (nSPS) is 24.7. The Balaban J connectivity index is 1.83. The second-order valence-corrected chi connectivity index (χ2v) is 6.10. The van der Waals surface area contributed by atoms with Crippen LogP contribution in [0.15, 0.2) is 54.6 Å². The van der Waals surface area contributed by atoms with Crippen LogP contribution in [0.1, 0.15) is 39.9 Å². The third-order valence-electron chi connectivity index (χ3n) is 4.85. The molecule has 3 nitrogen and oxygen atoms in total. The van der Waals surface area contributed by atoms with Crippen molar-refractivity contribution in [1.29, 1.82) is 0 Å². The van der Waals surface area contributed by atoms with Crippen molar-refractivity contribution in [3.8, 4) is 0 Å². The molecule has 4 rings (SSSR count). The Bertz CT molecular complexity index is 815. The monoisotopic (exact) mass is 309 g/mol. The van der Waals surface area contributed by atoms with Gasteiger partial charge in [0, 0.05) is 11.6 Å². The predicted molar refractivity (Wildman–Crippen MR) is 86.2 cm³/mol. The lowest BCUT2D eigenvalue weighted by Gasteiger charge is -2.38. The molecular formula is C19H16FNO2. The summed E-state index contributed by atoms with van der Waals surface area (Å²) in [6.45, 7) is 0. The van der Waals surface area contributed by atoms with Crippen LogP contribution in [0.5, 0.6) is 0 Å². The number of carbonyl (C=O) groups is 1. The minimum Gasteiger partial charge on any atom is -0.478 e. The summed E-state index contributed by atoms with van der Waals surface area (Å²) in [5.41, 5.74) is 2.94. The van der Waals surface area contributed by atoms with Crippen LogP contribution in [0.3, 0.4) is 0 Å². The van der Waals surface area contributed by atoms with Crippen LogP contribution in [0.2, 0.25) is 0 Å². The number of carboxylic acids is 1. The predicted octanol–water partition coefficient (Wildman–Crippen LogP) is 4.35. The van der Waals surface area contributed by atoms with Gasteiger partial charge in [0.05, 0.1) is 11.6 Å². The lowest BCUT2D eigenvalue weighted by Crippen LogP contribution is -2.30. The fraction of sp³-hybridized carbons (Fsp3) is 0.211. The second kappa shape index (κ2) is 5.23. The molecule has 0 saturated carbocycles. The molecule has 0 unspecified atom stereocenters. The van der Waals surface area contributed by atoms with Crippen LogP contribution in [-0.2, 0) is 0 Å². The van der Waals surface area contributed by atoms with Gasteiger partial charge in [-0.05, 0) is 47.7 Å². The summed E-state index contributed by atoms with van der Waals surface area (Å²) in [5, 5.41) is 12.9. The molecule has 2 N–H and O–H groups in total. The number of hydrogen-bond acceptors (Lipinski definition) is 2. The standard InChI is InChI=1S/C19H16FNO2/c20-11-8-9-17-16(10-11)12-6-3-7-13(12)18(21-17)14-4-1-2-5-15(14)19(22)23/h1-6,8-10,12-13,18,21H,7H2,(H,22,23)/t12-,13+,18+/m0/s1. The van der Waals surface area contributed by atoms with Gasteiger partial charge in [-0.3, -0.25) is 0 Å². The number of hydrogen-bond donors (Lipinski definition) is 2. The van der Waals surface area contributed by atoms with E-state index in [1.807, 2.05) is 12.1 Å². The van der Waals surface area contributed by atoms with Crippen molar-refractivity contribution < 1.29 is 14.3 Å². The number of halogens is 1. The largest absolute Gasteiger partial charge is 0.478 e. The molecule has 0 radical (unpaired) electrons. The Kier molecular flexibility index (Phi) is 3.18. The minimum absolute atomic E-state index is 0.0970. The molecule has 2 aliphatic rings. The van der Waals surface area contributed by atoms with Crippen molar-refractivity contribution in [2.24, 2.45) is 5.92 Å². The molecule has 1 aliphatic carbocycles. The van der Waals surface area contributed by atoms with Crippen molar-refractivity contribution in [2.75, 3.05) is 5.32 Å². The quantitative estimate of drug-likeness (QED) is 0.811. The molecule has 0 amide bonds. The first-order valence-corrected chi connectivity index (χ1v) is 7.70. The van der Waals surface area contributed by atoms with Gasteiger partial charge >= 0.3 is 5.97 Å². The van der Waals surface area contributed by atoms with E-state index in [2.05, 4.69) is 17.5 Å². The average Bonchev–Trinajstić information content (AvgIpc) is 3.04. The Hall–Kier alpha value is -2.62. The van der Waals surface area contributed by atoms with Crippen LogP contribution in [0, 0.1) is 11.7 Å². The topological polar surface area (TPSA) is 49.3 Å². The van der Waals surface area contributed by atoms with Gasteiger partial charge in [-0.25, -0.2) is 9.18 Å². The smallest absolute Gasteiger partial charge is 0.336 e. The summed E-state index contributed by atoms with van der Waals surface area (Å²) in [6.07, 6.45) is 5.07. The third-order valence-corrected chi connectivity index (χ3v) is 4.85. The lowest BCUT2D eigenvalue weighted by molar-refractivity contribution is 0.0694. The lowest BCUT2D eigenvalue weighted by atomic mass is 9.76. The maximum Gasteiger partial charge on any atom is 0.336 e. The number of fused-ring (bicyclic) bond motifs is 3. The highest BCUT2D eigenvalue weighted by molar-refractivity contribution is 5.89. The number of allylic oxidation sites excluding steroid dienone is 2. The van der Waals surface area contributed by atoms with E-state index in [-0.39, 0.29) is 23.7 Å². The van der Waals surface area contributed by atoms with Gasteiger partial charge in [0.2, 0.25) is 0 Å². The molecule has 116 valence electrons. The van der Waals surface area contributed by atoms with Gasteiger partial charge in [0.25, 0.3) is 0 Å². The molecule has 0 fully saturated rings. The number of aromatic carboxylic acids is 1. The van der Waals surface area contributed by atoms with Crippen molar-refractivity contribution in [1.82, 2.24) is 0 Å². The summed E-state index contributed by atoms with van der Waals surface area (Å²) >= 11 is 0. The number of benzene rings is 2. The van der Waals surface area contributed by atoms with Crippen LogP contribution in [0.25, 0.3) is 0 Å². The third kappa shape index (κ3) is 2.22. The molecule has 1 aliphatic heterocycles. The Labute approximate surface area is 133 Å². The molecule has 3 atom stereocenters. The van der Waals surface area contributed by atoms with E-state index >= 15 is 0 Å². The van der Waals surface area contributed by atoms with Gasteiger partial charge in [-0.2, -0.15) is 0 Å². The summed E-state index contributed by atoms with van der Waals surface area (Å²) in [7, 11) is 0. The van der Waals surface area contributed by atoms with E-state index in [4.69, 9.17) is 0 Å². The molecule has 0 aromatic heterocycles. The summed E-state index contributed by atoms with van der Waals surface area (Å²) in [6, 6.07) is 11.8. The van der Waals surface area contributed by atoms with Crippen LogP contribution in [-0.4, -0.2) is 11.1 Å². The summed E-state index contributed by atoms with van der Waals surface area (Å²) in [5.74, 6) is -0.845. The summed E-state index contributed by atoms with van der Waals surface area (Å²) in [4.78, 5) is 11.6. The molecule has 2 aromatic rings. The zero-order chi connectivity index (χ0) is 16.0. The van der Waals surface area contributed by atoms with E-state index in [0.29, 0.717) is 5.56 Å². The Morgan fingerprint density at radius 3 is 2.83 bits per heavy atom. The van der Waals surface area contributed by atoms with Gasteiger partial charge in [0.1, 0.15) is 5.82 Å². The molecule has 23 heavy (non-hydrogen) atoms. The van der Waals surface area contributed by atoms with Gasteiger partial charge in [-0.15, -0.1) is 0 Å². The highest BCUT2D eigenvalue weighted by Crippen LogP contribution is 2.50. The first kappa shape index (κ1) is 14.0. The molecule has 0 saturated heterocycles. The second-order valence-electron chi connectivity index (χ2n) is 6.10. The molecule has 2 aromatic carbocycles. The number of carboxylic acid groups (broad SMARTS) is 1. The van der Waals surface area contributed by atoms with E-state index in [1.165, 1.54) is 6.07 Å². The fourth-order valence-electron chi connectivity index (χ4n) is 3.84. The maximum atomic E-state index is 13.6. The minimum atomic E-state index is -0.921. The van der Waals surface area contributed by atoms with Crippen LogP contribution < -0.4 is 5.32 Å². The highest BCUT2D eigenvalue weighted by Gasteiger charge is 2.39. The van der Waals surface area contributed by atoms with Crippen molar-refractivity contribution in [3.05, 3.63) is 77.1 Å². The number of nitrogens with one attached hydrogen (secondary N) is 1. The summed E-state index contributed by atoms with van der Waals surface area (Å²) < 4.78 is 13.6. The first-order chi connectivity index (χ1) is 11.1. The Morgan fingerprint density at radius 2 is 2.00 bits per heavy atom. The Morgan fingerprint density at radius 1 is 1.17 bits per heavy atom. The highest BCUT2D eigenvalue weighted by atomic mass is 19.1. The van der Waals surface area contributed by atoms with Gasteiger partial charge in [0.15, 0.2) is 0 Å². The molecule has 1 heterocycles. The van der Waals surface area contributed by atoms with Crippen molar-refractivity contribution >= 4 is 11.7 Å². The van der Waals surface area contributed by atoms with E-state index < -0.39 is 5.97 Å². The van der Waals surface area contributed by atoms with E-state index in [1.54, 1.807) is 24.3 Å². The van der Waals surface area contributed by atoms with Crippen LogP contribution >= 0.6 is 0 Å². The molecule has 4 heteroatoms. The van der Waals surface area contributed by atoms with Crippen molar-refractivity contribution in [2.45, 2.75) is 18.4 Å². The molecule has 0 bridgehead atoms. The first-order valence-electron chi connectivity index (χ1n) is 7.70. The molecular weight excluding hydrogens is 293 g/mol. The maximum absolute atomic E-state index is 13.6. The van der Waals surface area contributed by atoms with E-state index in [0.717, 1.165) is 23.2 Å². The molecule has 0 spiro atoms. The SMILES string of the molecule is O=C(O)c1ccccc1[C@@H]1Nc2ccc(F)cc2[C@H]2C=CC[C@H]21. The zero-order valence-electron chi connectivity index (χ0n) is 12.4. The number of anilines is 1. The fourth-order valence-corrected chi connectivity index (χ4v) is 3.84. The average molecular weight is 309 g/mol. The number of rotatable bonds is 2. The van der Waals surface area contributed by atoms with E-state index in [9.17, 15) is 14.3 Å².